The largest absolute Gasteiger partial charge is 0.477 e. The number of nitrogens with one attached hydrogen (secondary N) is 2. The number of pyridine rings is 1. The van der Waals surface area contributed by atoms with Crippen molar-refractivity contribution in [3.05, 3.63) is 68.4 Å². The first-order chi connectivity index (χ1) is 15.8. The summed E-state index contributed by atoms with van der Waals surface area (Å²) < 4.78 is 21.7. The summed E-state index contributed by atoms with van der Waals surface area (Å²) in [7, 11) is 1.73. The Balaban J connectivity index is 1.73. The van der Waals surface area contributed by atoms with Crippen LogP contribution < -0.4 is 15.4 Å². The first kappa shape index (κ1) is 23.3. The van der Waals surface area contributed by atoms with Crippen LogP contribution in [0.15, 0.2) is 46.9 Å². The van der Waals surface area contributed by atoms with Crippen LogP contribution >= 0.6 is 39.1 Å². The molecule has 11 heteroatoms. The number of ether oxygens (including phenoxy) is 1. The van der Waals surface area contributed by atoms with E-state index >= 15 is 0 Å². The van der Waals surface area contributed by atoms with Crippen molar-refractivity contribution in [3.8, 4) is 5.88 Å². The monoisotopic (exact) mass is 551 g/mol. The van der Waals surface area contributed by atoms with Crippen molar-refractivity contribution in [2.24, 2.45) is 7.05 Å². The molecule has 1 amide bonds. The van der Waals surface area contributed by atoms with Gasteiger partial charge < -0.3 is 15.4 Å². The maximum Gasteiger partial charge on any atom is 0.261 e. The summed E-state index contributed by atoms with van der Waals surface area (Å²) in [6.07, 6.45) is 0. The van der Waals surface area contributed by atoms with Gasteiger partial charge in [-0.15, -0.1) is 0 Å². The highest BCUT2D eigenvalue weighted by atomic mass is 79.9. The van der Waals surface area contributed by atoms with Crippen molar-refractivity contribution in [2.45, 2.75) is 6.92 Å². The van der Waals surface area contributed by atoms with Crippen LogP contribution in [0, 0.1) is 5.82 Å². The van der Waals surface area contributed by atoms with E-state index in [0.29, 0.717) is 35.1 Å². The fraction of sp³-hybridized carbons (Fsp3) is 0.136. The smallest absolute Gasteiger partial charge is 0.261 e. The number of fused-ring (bicyclic) bond motifs is 1. The summed E-state index contributed by atoms with van der Waals surface area (Å²) in [6.45, 7) is 2.12. The molecule has 0 fully saturated rings. The normalized spacial score (nSPS) is 11.0. The zero-order valence-corrected chi connectivity index (χ0v) is 20.5. The van der Waals surface area contributed by atoms with E-state index in [4.69, 9.17) is 27.9 Å². The number of aromatic nitrogens is 3. The quantitative estimate of drug-likeness (QED) is 0.283. The van der Waals surface area contributed by atoms with Gasteiger partial charge in [0, 0.05) is 17.2 Å². The van der Waals surface area contributed by atoms with Crippen LogP contribution in [0.1, 0.15) is 17.3 Å². The van der Waals surface area contributed by atoms with Crippen LogP contribution in [0.2, 0.25) is 10.0 Å². The van der Waals surface area contributed by atoms with Gasteiger partial charge in [0.05, 0.1) is 22.3 Å². The molecule has 0 atom stereocenters. The van der Waals surface area contributed by atoms with Gasteiger partial charge in [-0.05, 0) is 49.4 Å². The minimum Gasteiger partial charge on any atom is -0.477 e. The Morgan fingerprint density at radius 3 is 2.45 bits per heavy atom. The molecule has 0 bridgehead atoms. The number of hydrogen-bond acceptors (Lipinski definition) is 5. The molecule has 0 saturated heterocycles. The lowest BCUT2D eigenvalue weighted by Crippen LogP contribution is -2.15. The zero-order valence-electron chi connectivity index (χ0n) is 17.4. The maximum atomic E-state index is 13.5. The van der Waals surface area contributed by atoms with Crippen LogP contribution in [0.4, 0.5) is 21.7 Å². The van der Waals surface area contributed by atoms with E-state index in [9.17, 15) is 9.18 Å². The van der Waals surface area contributed by atoms with Crippen LogP contribution in [-0.2, 0) is 7.05 Å². The number of hydrogen-bond donors (Lipinski definition) is 2. The summed E-state index contributed by atoms with van der Waals surface area (Å²) in [4.78, 5) is 22.0. The average Bonchev–Trinajstić information content (AvgIpc) is 3.06. The van der Waals surface area contributed by atoms with Gasteiger partial charge in [0.15, 0.2) is 5.65 Å². The molecule has 0 unspecified atom stereocenters. The van der Waals surface area contributed by atoms with Crippen molar-refractivity contribution in [1.29, 1.82) is 0 Å². The molecule has 170 valence electrons. The molecule has 33 heavy (non-hydrogen) atoms. The van der Waals surface area contributed by atoms with Crippen LogP contribution in [0.25, 0.3) is 11.2 Å². The minimum absolute atomic E-state index is 0.101. The highest BCUT2D eigenvalue weighted by molar-refractivity contribution is 9.10. The third kappa shape index (κ3) is 4.90. The maximum absolute atomic E-state index is 13.5. The Bertz CT molecular complexity index is 1340. The molecule has 0 spiro atoms. The molecular formula is C22H17BrCl2FN5O2. The van der Waals surface area contributed by atoms with Crippen molar-refractivity contribution in [1.82, 2.24) is 14.5 Å². The molecule has 2 aromatic carbocycles. The van der Waals surface area contributed by atoms with E-state index in [0.717, 1.165) is 16.6 Å². The molecule has 0 aliphatic rings. The topological polar surface area (TPSA) is 81.1 Å². The fourth-order valence-corrected chi connectivity index (χ4v) is 3.94. The Morgan fingerprint density at radius 2 is 1.82 bits per heavy atom. The van der Waals surface area contributed by atoms with Crippen molar-refractivity contribution < 1.29 is 13.9 Å². The number of aryl methyl sites for hydroxylation is 1. The van der Waals surface area contributed by atoms with Crippen molar-refractivity contribution in [2.75, 3.05) is 17.2 Å². The van der Waals surface area contributed by atoms with Gasteiger partial charge >= 0.3 is 0 Å². The lowest BCUT2D eigenvalue weighted by Gasteiger charge is -2.11. The predicted octanol–water partition coefficient (Wildman–Crippen LogP) is 6.57. The van der Waals surface area contributed by atoms with Crippen LogP contribution in [0.3, 0.4) is 0 Å². The Kier molecular flexibility index (Phi) is 6.73. The van der Waals surface area contributed by atoms with E-state index in [1.807, 2.05) is 12.1 Å². The van der Waals surface area contributed by atoms with E-state index in [1.165, 1.54) is 0 Å². The third-order valence-electron chi connectivity index (χ3n) is 4.68. The van der Waals surface area contributed by atoms with Gasteiger partial charge in [-0.1, -0.05) is 39.1 Å². The lowest BCUT2D eigenvalue weighted by molar-refractivity contribution is 0.102. The highest BCUT2D eigenvalue weighted by Gasteiger charge is 2.21. The first-order valence-corrected chi connectivity index (χ1v) is 11.3. The van der Waals surface area contributed by atoms with Crippen molar-refractivity contribution in [3.63, 3.8) is 0 Å². The molecule has 7 nitrogen and oxygen atoms in total. The Morgan fingerprint density at radius 1 is 1.15 bits per heavy atom. The summed E-state index contributed by atoms with van der Waals surface area (Å²) in [6, 6.07) is 11.1. The molecule has 0 aliphatic carbocycles. The number of benzene rings is 2. The van der Waals surface area contributed by atoms with E-state index in [-0.39, 0.29) is 27.4 Å². The number of carbonyl (C=O) groups excluding carboxylic acids is 1. The van der Waals surface area contributed by atoms with Crippen LogP contribution in [0.5, 0.6) is 5.88 Å². The van der Waals surface area contributed by atoms with Crippen LogP contribution in [-0.4, -0.2) is 27.0 Å². The van der Waals surface area contributed by atoms with E-state index < -0.39 is 5.82 Å². The number of carbonyl (C=O) groups is 1. The minimum atomic E-state index is -0.551. The highest BCUT2D eigenvalue weighted by Crippen LogP contribution is 2.34. The van der Waals surface area contributed by atoms with Gasteiger partial charge in [0.1, 0.15) is 16.9 Å². The standard InChI is InChI=1S/C22H17BrCl2FN5O2/c1-3-33-21-14(20(32)27-13-6-4-11(23)5-7-13)10-17-19(30-21)31(2)22(28-17)29-18-15(24)8-12(26)9-16(18)25/h4-10H,3H2,1-2H3,(H,27,32)(H,28,29). The molecule has 4 rings (SSSR count). The predicted molar refractivity (Wildman–Crippen MR) is 131 cm³/mol. The molecule has 2 N–H and O–H groups in total. The van der Waals surface area contributed by atoms with Gasteiger partial charge in [0.2, 0.25) is 11.8 Å². The second-order valence-electron chi connectivity index (χ2n) is 6.94. The van der Waals surface area contributed by atoms with Gasteiger partial charge in [-0.3, -0.25) is 9.36 Å². The second kappa shape index (κ2) is 9.54. The van der Waals surface area contributed by atoms with E-state index in [2.05, 4.69) is 36.5 Å². The third-order valence-corrected chi connectivity index (χ3v) is 5.81. The number of imidazole rings is 1. The molecule has 0 radical (unpaired) electrons. The Hall–Kier alpha value is -2.88. The van der Waals surface area contributed by atoms with Crippen molar-refractivity contribution >= 4 is 73.5 Å². The molecular weight excluding hydrogens is 536 g/mol. The molecule has 4 aromatic rings. The number of anilines is 3. The number of amides is 1. The molecule has 0 aliphatic heterocycles. The number of halogens is 4. The zero-order chi connectivity index (χ0) is 23.7. The SMILES string of the molecule is CCOc1nc2c(cc1C(=O)Nc1ccc(Br)cc1)nc(Nc1c(Cl)cc(F)cc1Cl)n2C. The second-order valence-corrected chi connectivity index (χ2v) is 8.67. The first-order valence-electron chi connectivity index (χ1n) is 9.75. The van der Waals surface area contributed by atoms with Gasteiger partial charge in [0.25, 0.3) is 5.91 Å². The number of nitrogens with zero attached hydrogens (tertiary/aromatic N) is 3. The number of rotatable bonds is 6. The van der Waals surface area contributed by atoms with E-state index in [1.54, 1.807) is 36.7 Å². The molecule has 2 heterocycles. The molecule has 0 saturated carbocycles. The summed E-state index contributed by atoms with van der Waals surface area (Å²) in [5.74, 6) is -0.419. The molecule has 2 aromatic heterocycles. The van der Waals surface area contributed by atoms with Gasteiger partial charge in [-0.25, -0.2) is 9.37 Å². The summed E-state index contributed by atoms with van der Waals surface area (Å²) in [5.41, 5.74) is 2.06. The summed E-state index contributed by atoms with van der Waals surface area (Å²) >= 11 is 15.6. The lowest BCUT2D eigenvalue weighted by atomic mass is 10.2. The Labute approximate surface area is 207 Å². The van der Waals surface area contributed by atoms with Gasteiger partial charge in [-0.2, -0.15) is 4.98 Å². The summed E-state index contributed by atoms with van der Waals surface area (Å²) in [5, 5.41) is 6.04. The fourth-order valence-electron chi connectivity index (χ4n) is 3.12. The average molecular weight is 553 g/mol.